The maximum Gasteiger partial charge on any atom is 0.0786 e. The van der Waals surface area contributed by atoms with Gasteiger partial charge in [-0.2, -0.15) is 0 Å². The van der Waals surface area contributed by atoms with Gasteiger partial charge in [0, 0.05) is 0 Å². The zero-order valence-corrected chi connectivity index (χ0v) is 23.2. The highest BCUT2D eigenvalue weighted by Gasteiger charge is 2.24. The lowest BCUT2D eigenvalue weighted by molar-refractivity contribution is -0.929. The number of quaternary nitrogens is 1. The van der Waals surface area contributed by atoms with E-state index in [1.54, 1.807) is 0 Å². The van der Waals surface area contributed by atoms with Crippen molar-refractivity contribution in [2.24, 2.45) is 0 Å². The predicted octanol–water partition coefficient (Wildman–Crippen LogP) is 8.22. The number of nitrogens with zero attached hydrogens (tertiary/aromatic N) is 1. The topological polar surface area (TPSA) is 61.5 Å². The molecule has 2 aromatic rings. The Bertz CT molecular complexity index is 545. The molecule has 0 saturated heterocycles. The van der Waals surface area contributed by atoms with Crippen molar-refractivity contribution in [3.8, 4) is 0 Å². The van der Waals surface area contributed by atoms with Crippen molar-refractivity contribution in [1.82, 2.24) is 0 Å². The highest BCUT2D eigenvalue weighted by molar-refractivity contribution is 6.08. The molecule has 0 aliphatic carbocycles. The summed E-state index contributed by atoms with van der Waals surface area (Å²) in [5.74, 6) is 0. The molecular formula is C30H56BNO2. The number of unbranched alkanes of at least 4 members (excludes halogenated alkanes) is 5. The van der Waals surface area contributed by atoms with Crippen molar-refractivity contribution >= 4 is 18.6 Å². The van der Waals surface area contributed by atoms with Crippen LogP contribution >= 0.6 is 0 Å². The van der Waals surface area contributed by atoms with Gasteiger partial charge in [-0.1, -0.05) is 128 Å². The summed E-state index contributed by atoms with van der Waals surface area (Å²) in [6.07, 6.45) is 14.3. The minimum absolute atomic E-state index is 0. The first-order valence-electron chi connectivity index (χ1n) is 13.6. The molecule has 3 N–H and O–H groups in total. The van der Waals surface area contributed by atoms with Crippen LogP contribution in [0.25, 0.3) is 10.8 Å². The minimum atomic E-state index is 0. The molecule has 0 spiro atoms. The van der Waals surface area contributed by atoms with Gasteiger partial charge in [0.15, 0.2) is 0 Å². The van der Waals surface area contributed by atoms with Crippen molar-refractivity contribution in [3.63, 3.8) is 0 Å². The van der Waals surface area contributed by atoms with Crippen LogP contribution in [0.4, 0.5) is 0 Å². The Balaban J connectivity index is -0.000000477. The number of hydrogen-bond acceptors (Lipinski definition) is 1. The Morgan fingerprint density at radius 3 is 0.971 bits per heavy atom. The maximum atomic E-state index is 5.14. The Labute approximate surface area is 214 Å². The van der Waals surface area contributed by atoms with Crippen molar-refractivity contribution in [1.29, 1.82) is 0 Å². The minimum Gasteiger partial charge on any atom is -0.870 e. The Hall–Kier alpha value is -1.36. The van der Waals surface area contributed by atoms with E-state index in [0.717, 1.165) is 6.32 Å². The van der Waals surface area contributed by atoms with E-state index >= 15 is 0 Å². The van der Waals surface area contributed by atoms with Gasteiger partial charge in [-0.15, -0.1) is 0 Å². The molecule has 2 rings (SSSR count). The first kappa shape index (κ1) is 37.2. The summed E-state index contributed by atoms with van der Waals surface area (Å²) < 4.78 is 1.42. The standard InChI is InChI=1S/C16H36N.C10H8.C4H9B.2H2O/c1-5-9-13-17(14-10-6-2,15-11-7-3)16-12-8-4;1-2-6-10-8-4-3-7-9(10)5-1;1-2-3-4-5;;/h5-16H2,1-4H3;1-8H;2-4H2,1H3;2*1H2/q+1;;;;/p-1. The van der Waals surface area contributed by atoms with Crippen LogP contribution in [0.5, 0.6) is 0 Å². The summed E-state index contributed by atoms with van der Waals surface area (Å²) in [6.45, 7) is 17.2. The summed E-state index contributed by atoms with van der Waals surface area (Å²) >= 11 is 0. The summed E-state index contributed by atoms with van der Waals surface area (Å²) in [7, 11) is 5.14. The predicted molar refractivity (Wildman–Crippen MR) is 154 cm³/mol. The van der Waals surface area contributed by atoms with E-state index in [2.05, 4.69) is 83.1 Å². The molecule has 3 nitrogen and oxygen atoms in total. The van der Waals surface area contributed by atoms with Crippen LogP contribution < -0.4 is 0 Å². The molecule has 2 aromatic carbocycles. The van der Waals surface area contributed by atoms with E-state index in [1.807, 2.05) is 0 Å². The highest BCUT2D eigenvalue weighted by atomic mass is 16.0. The van der Waals surface area contributed by atoms with E-state index in [-0.39, 0.29) is 11.0 Å². The summed E-state index contributed by atoms with van der Waals surface area (Å²) in [4.78, 5) is 0. The van der Waals surface area contributed by atoms with E-state index in [0.29, 0.717) is 0 Å². The van der Waals surface area contributed by atoms with E-state index in [9.17, 15) is 0 Å². The van der Waals surface area contributed by atoms with Gasteiger partial charge in [-0.05, 0) is 36.5 Å². The van der Waals surface area contributed by atoms with E-state index < -0.39 is 0 Å². The highest BCUT2D eigenvalue weighted by Crippen LogP contribution is 2.16. The van der Waals surface area contributed by atoms with Gasteiger partial charge in [-0.25, -0.2) is 0 Å². The number of hydrogen-bond donors (Lipinski definition) is 0. The number of fused-ring (bicyclic) bond motifs is 1. The molecule has 34 heavy (non-hydrogen) atoms. The fourth-order valence-electron chi connectivity index (χ4n) is 3.98. The number of benzene rings is 2. The van der Waals surface area contributed by atoms with Crippen LogP contribution in [0.1, 0.15) is 98.8 Å². The molecule has 0 amide bonds. The van der Waals surface area contributed by atoms with Gasteiger partial charge >= 0.3 is 0 Å². The third kappa shape index (κ3) is 18.0. The van der Waals surface area contributed by atoms with Gasteiger partial charge in [0.05, 0.1) is 34.0 Å². The Morgan fingerprint density at radius 1 is 0.529 bits per heavy atom. The quantitative estimate of drug-likeness (QED) is 0.201. The molecule has 0 aromatic heterocycles. The van der Waals surface area contributed by atoms with Crippen LogP contribution in [0.3, 0.4) is 0 Å². The fourth-order valence-corrected chi connectivity index (χ4v) is 3.98. The van der Waals surface area contributed by atoms with Crippen molar-refractivity contribution < 1.29 is 15.4 Å². The van der Waals surface area contributed by atoms with Gasteiger partial charge in [0.1, 0.15) is 0 Å². The number of rotatable bonds is 14. The van der Waals surface area contributed by atoms with Crippen LogP contribution in [0.2, 0.25) is 6.32 Å². The molecule has 4 heteroatoms. The van der Waals surface area contributed by atoms with Crippen LogP contribution in [-0.4, -0.2) is 49.5 Å². The fraction of sp³-hybridized carbons (Fsp3) is 0.667. The second kappa shape index (κ2) is 26.3. The van der Waals surface area contributed by atoms with Crippen LogP contribution in [0.15, 0.2) is 48.5 Å². The van der Waals surface area contributed by atoms with Gasteiger partial charge in [-0.3, -0.25) is 0 Å². The van der Waals surface area contributed by atoms with E-state index in [4.69, 9.17) is 7.85 Å². The van der Waals surface area contributed by atoms with Crippen molar-refractivity contribution in [2.45, 2.75) is 105 Å². The second-order valence-corrected chi connectivity index (χ2v) is 9.14. The molecule has 2 radical (unpaired) electrons. The van der Waals surface area contributed by atoms with E-state index in [1.165, 1.54) is 106 Å². The molecular weight excluding hydrogens is 417 g/mol. The first-order valence-corrected chi connectivity index (χ1v) is 13.6. The molecule has 0 fully saturated rings. The first-order chi connectivity index (χ1) is 15.6. The molecule has 0 aliphatic rings. The zero-order chi connectivity index (χ0) is 23.9. The third-order valence-corrected chi connectivity index (χ3v) is 6.16. The lowest BCUT2D eigenvalue weighted by Gasteiger charge is -2.39. The van der Waals surface area contributed by atoms with Gasteiger partial charge in [0.25, 0.3) is 0 Å². The Kier molecular flexibility index (Phi) is 28.7. The molecule has 0 saturated carbocycles. The average molecular weight is 474 g/mol. The van der Waals surface area contributed by atoms with Crippen molar-refractivity contribution in [3.05, 3.63) is 48.5 Å². The summed E-state index contributed by atoms with van der Waals surface area (Å²) in [5, 5.41) is 2.62. The molecule has 0 heterocycles. The molecule has 0 aliphatic heterocycles. The lowest BCUT2D eigenvalue weighted by atomic mass is 10.0. The average Bonchev–Trinajstić information content (AvgIpc) is 2.84. The lowest BCUT2D eigenvalue weighted by Crippen LogP contribution is -2.50. The Morgan fingerprint density at radius 2 is 0.794 bits per heavy atom. The second-order valence-electron chi connectivity index (χ2n) is 9.14. The van der Waals surface area contributed by atoms with Crippen LogP contribution in [0, 0.1) is 0 Å². The summed E-state index contributed by atoms with van der Waals surface area (Å²) in [5.41, 5.74) is 0. The molecule has 0 bridgehead atoms. The monoisotopic (exact) mass is 473 g/mol. The van der Waals surface area contributed by atoms with Crippen molar-refractivity contribution in [2.75, 3.05) is 26.2 Å². The molecule has 196 valence electrons. The third-order valence-electron chi connectivity index (χ3n) is 6.16. The zero-order valence-electron chi connectivity index (χ0n) is 23.2. The van der Waals surface area contributed by atoms with Gasteiger partial charge < -0.3 is 15.4 Å². The smallest absolute Gasteiger partial charge is 0.0786 e. The SMILES string of the molecule is CCCC[N+](CCCC)(CCCC)CCCC.O.[B]CCCC.[OH-].c1ccc2ccccc2c1. The van der Waals surface area contributed by atoms with Crippen LogP contribution in [-0.2, 0) is 0 Å². The molecule has 0 unspecified atom stereocenters. The summed E-state index contributed by atoms with van der Waals surface area (Å²) in [6, 6.07) is 16.7. The maximum absolute atomic E-state index is 5.14. The molecule has 0 atom stereocenters. The van der Waals surface area contributed by atoms with Gasteiger partial charge in [0.2, 0.25) is 0 Å². The normalized spacial score (nSPS) is 10.1. The largest absolute Gasteiger partial charge is 0.870 e.